The van der Waals surface area contributed by atoms with Crippen molar-refractivity contribution in [3.8, 4) is 17.2 Å². The maximum absolute atomic E-state index is 12.2. The summed E-state index contributed by atoms with van der Waals surface area (Å²) < 4.78 is 16.0. The van der Waals surface area contributed by atoms with Gasteiger partial charge in [-0.05, 0) is 25.0 Å². The number of carbonyl (C=O) groups is 2. The van der Waals surface area contributed by atoms with Gasteiger partial charge in [0.15, 0.2) is 11.5 Å². The van der Waals surface area contributed by atoms with Gasteiger partial charge in [0, 0.05) is 12.6 Å². The molecule has 128 valence electrons. The highest BCUT2D eigenvalue weighted by Gasteiger charge is 2.47. The highest BCUT2D eigenvalue weighted by atomic mass is 16.7. The van der Waals surface area contributed by atoms with E-state index in [0.717, 1.165) is 11.3 Å². The quantitative estimate of drug-likeness (QED) is 0.793. The van der Waals surface area contributed by atoms with E-state index in [9.17, 15) is 14.7 Å². The molecule has 8 nitrogen and oxygen atoms in total. The van der Waals surface area contributed by atoms with Crippen LogP contribution in [0.5, 0.6) is 17.2 Å². The van der Waals surface area contributed by atoms with Crippen LogP contribution in [0.3, 0.4) is 0 Å². The lowest BCUT2D eigenvalue weighted by atomic mass is 10.2. The molecule has 24 heavy (non-hydrogen) atoms. The highest BCUT2D eigenvalue weighted by Crippen LogP contribution is 2.35. The van der Waals surface area contributed by atoms with Crippen molar-refractivity contribution in [2.24, 2.45) is 0 Å². The number of fused-ring (bicyclic) bond motifs is 2. The summed E-state index contributed by atoms with van der Waals surface area (Å²) in [7, 11) is 0. The van der Waals surface area contributed by atoms with Crippen molar-refractivity contribution in [3.63, 3.8) is 0 Å². The first kappa shape index (κ1) is 15.1. The van der Waals surface area contributed by atoms with Gasteiger partial charge in [-0.25, -0.2) is 4.79 Å². The van der Waals surface area contributed by atoms with E-state index in [-0.39, 0.29) is 37.9 Å². The van der Waals surface area contributed by atoms with Gasteiger partial charge in [0.2, 0.25) is 6.79 Å². The molecule has 0 saturated carbocycles. The molecular weight excluding hydrogens is 316 g/mol. The molecule has 0 aromatic heterocycles. The van der Waals surface area contributed by atoms with Gasteiger partial charge in [-0.15, -0.1) is 0 Å². The fourth-order valence-electron chi connectivity index (χ4n) is 3.27. The van der Waals surface area contributed by atoms with Crippen LogP contribution >= 0.6 is 0 Å². The average Bonchev–Trinajstić information content (AvgIpc) is 3.28. The molecule has 0 aliphatic carbocycles. The van der Waals surface area contributed by atoms with Crippen LogP contribution in [0.15, 0.2) is 18.2 Å². The van der Waals surface area contributed by atoms with Crippen molar-refractivity contribution in [2.75, 3.05) is 26.5 Å². The van der Waals surface area contributed by atoms with Crippen LogP contribution in [-0.4, -0.2) is 65.5 Å². The van der Waals surface area contributed by atoms with Crippen molar-refractivity contribution < 1.29 is 28.9 Å². The van der Waals surface area contributed by atoms with Gasteiger partial charge in [0.1, 0.15) is 24.5 Å². The van der Waals surface area contributed by atoms with E-state index < -0.39 is 6.10 Å². The van der Waals surface area contributed by atoms with Gasteiger partial charge in [-0.1, -0.05) is 0 Å². The summed E-state index contributed by atoms with van der Waals surface area (Å²) in [6, 6.07) is 4.45. The number of benzene rings is 1. The second kappa shape index (κ2) is 5.86. The summed E-state index contributed by atoms with van der Waals surface area (Å²) in [6.45, 7) is 0.699. The summed E-state index contributed by atoms with van der Waals surface area (Å²) in [5.74, 6) is 1.54. The standard InChI is InChI=1S/C16H18N2O6/c19-10(7-18-15(20)12-2-1-5-17(12)16(18)21)8-22-11-3-4-13-14(6-11)24-9-23-13/h3-4,6,10,12,19H,1-2,5,7-9H2/t10-,12+/m1/s1. The Morgan fingerprint density at radius 3 is 2.96 bits per heavy atom. The first-order chi connectivity index (χ1) is 11.6. The third kappa shape index (κ3) is 2.52. The van der Waals surface area contributed by atoms with E-state index in [4.69, 9.17) is 14.2 Å². The van der Waals surface area contributed by atoms with E-state index in [1.165, 1.54) is 0 Å². The fraction of sp³-hybridized carbons (Fsp3) is 0.500. The number of ether oxygens (including phenoxy) is 3. The lowest BCUT2D eigenvalue weighted by Crippen LogP contribution is -2.41. The Balaban J connectivity index is 1.33. The molecule has 0 radical (unpaired) electrons. The number of nitrogens with zero attached hydrogens (tertiary/aromatic N) is 2. The Morgan fingerprint density at radius 2 is 2.12 bits per heavy atom. The van der Waals surface area contributed by atoms with Crippen molar-refractivity contribution in [1.82, 2.24) is 9.80 Å². The molecule has 0 bridgehead atoms. The predicted octanol–water partition coefficient (Wildman–Crippen LogP) is 0.582. The average molecular weight is 334 g/mol. The Kier molecular flexibility index (Phi) is 3.68. The van der Waals surface area contributed by atoms with Crippen LogP contribution < -0.4 is 14.2 Å². The molecule has 2 saturated heterocycles. The minimum Gasteiger partial charge on any atom is -0.491 e. The van der Waals surface area contributed by atoms with Crippen LogP contribution in [0.1, 0.15) is 12.8 Å². The molecule has 8 heteroatoms. The molecule has 2 fully saturated rings. The maximum atomic E-state index is 12.2. The van der Waals surface area contributed by atoms with Crippen molar-refractivity contribution in [3.05, 3.63) is 18.2 Å². The van der Waals surface area contributed by atoms with Crippen molar-refractivity contribution >= 4 is 11.9 Å². The molecule has 3 aliphatic heterocycles. The predicted molar refractivity (Wildman–Crippen MR) is 80.9 cm³/mol. The second-order valence-corrected chi connectivity index (χ2v) is 6.06. The van der Waals surface area contributed by atoms with Crippen molar-refractivity contribution in [1.29, 1.82) is 0 Å². The third-order valence-electron chi connectivity index (χ3n) is 4.46. The maximum Gasteiger partial charge on any atom is 0.327 e. The summed E-state index contributed by atoms with van der Waals surface area (Å²) in [5, 5.41) is 10.1. The summed E-state index contributed by atoms with van der Waals surface area (Å²) in [4.78, 5) is 27.1. The molecule has 3 amide bonds. The number of urea groups is 1. The van der Waals surface area contributed by atoms with Crippen molar-refractivity contribution in [2.45, 2.75) is 25.0 Å². The highest BCUT2D eigenvalue weighted by molar-refractivity contribution is 6.04. The minimum atomic E-state index is -0.955. The third-order valence-corrected chi connectivity index (χ3v) is 4.46. The minimum absolute atomic E-state index is 0.0264. The van der Waals surface area contributed by atoms with E-state index in [0.29, 0.717) is 30.2 Å². The molecule has 4 rings (SSSR count). The monoisotopic (exact) mass is 334 g/mol. The number of β-amino-alcohol motifs (C(OH)–C–C–N with tert-alkyl or cyclic N) is 1. The lowest BCUT2D eigenvalue weighted by Gasteiger charge is -2.19. The zero-order valence-electron chi connectivity index (χ0n) is 13.0. The molecular formula is C16H18N2O6. The van der Waals surface area contributed by atoms with Crippen LogP contribution in [0.25, 0.3) is 0 Å². The second-order valence-electron chi connectivity index (χ2n) is 6.06. The SMILES string of the molecule is O=C1[C@@H]2CCCN2C(=O)N1C[C@@H](O)COc1ccc2c(c1)OCO2. The van der Waals surface area contributed by atoms with E-state index in [2.05, 4.69) is 0 Å². The Bertz CT molecular complexity index is 657. The molecule has 3 aliphatic rings. The number of hydrogen-bond donors (Lipinski definition) is 1. The zero-order valence-corrected chi connectivity index (χ0v) is 13.0. The molecule has 0 spiro atoms. The first-order valence-electron chi connectivity index (χ1n) is 7.96. The molecule has 1 N–H and O–H groups in total. The summed E-state index contributed by atoms with van der Waals surface area (Å²) in [5.41, 5.74) is 0. The number of aliphatic hydroxyl groups is 1. The lowest BCUT2D eigenvalue weighted by molar-refractivity contribution is -0.129. The van der Waals surface area contributed by atoms with E-state index in [1.807, 2.05) is 0 Å². The Morgan fingerprint density at radius 1 is 1.29 bits per heavy atom. The molecule has 1 aromatic rings. The number of amides is 3. The van der Waals surface area contributed by atoms with Crippen LogP contribution in [0, 0.1) is 0 Å². The Labute approximate surface area is 138 Å². The van der Waals surface area contributed by atoms with Gasteiger partial charge in [0.25, 0.3) is 5.91 Å². The number of aliphatic hydroxyl groups excluding tert-OH is 1. The number of carbonyl (C=O) groups excluding carboxylic acids is 2. The Hall–Kier alpha value is -2.48. The van der Waals surface area contributed by atoms with Crippen LogP contribution in [0.4, 0.5) is 4.79 Å². The molecule has 0 unspecified atom stereocenters. The normalized spacial score (nSPS) is 23.0. The number of rotatable bonds is 5. The fourth-order valence-corrected chi connectivity index (χ4v) is 3.27. The largest absolute Gasteiger partial charge is 0.491 e. The molecule has 3 heterocycles. The van der Waals surface area contributed by atoms with Gasteiger partial charge in [0.05, 0.1) is 6.54 Å². The molecule has 1 aromatic carbocycles. The summed E-state index contributed by atoms with van der Waals surface area (Å²) in [6.07, 6.45) is 0.597. The van der Waals surface area contributed by atoms with E-state index in [1.54, 1.807) is 23.1 Å². The van der Waals surface area contributed by atoms with Gasteiger partial charge in [-0.2, -0.15) is 0 Å². The zero-order chi connectivity index (χ0) is 16.7. The van der Waals surface area contributed by atoms with E-state index >= 15 is 0 Å². The van der Waals surface area contributed by atoms with Gasteiger partial charge < -0.3 is 24.2 Å². The first-order valence-corrected chi connectivity index (χ1v) is 7.96. The van der Waals surface area contributed by atoms with Gasteiger partial charge >= 0.3 is 6.03 Å². The van der Waals surface area contributed by atoms with Crippen LogP contribution in [0.2, 0.25) is 0 Å². The molecule has 2 atom stereocenters. The van der Waals surface area contributed by atoms with Gasteiger partial charge in [-0.3, -0.25) is 9.69 Å². The summed E-state index contributed by atoms with van der Waals surface area (Å²) >= 11 is 0. The number of imide groups is 1. The van der Waals surface area contributed by atoms with Crippen LogP contribution in [-0.2, 0) is 4.79 Å². The smallest absolute Gasteiger partial charge is 0.327 e. The number of hydrogen-bond acceptors (Lipinski definition) is 6. The topological polar surface area (TPSA) is 88.5 Å².